The second kappa shape index (κ2) is 7.92. The Morgan fingerprint density at radius 3 is 2.00 bits per heavy atom. The molecule has 3 rings (SSSR count). The summed E-state index contributed by atoms with van der Waals surface area (Å²) in [5.74, 6) is 0.976. The number of ether oxygens (including phenoxy) is 4. The second-order valence-electron chi connectivity index (χ2n) is 6.25. The Hall–Kier alpha value is -3.03. The van der Waals surface area contributed by atoms with Gasteiger partial charge in [0.1, 0.15) is 5.75 Å². The molecule has 1 aliphatic heterocycles. The number of rotatable bonds is 7. The molecule has 1 aliphatic rings. The van der Waals surface area contributed by atoms with Crippen molar-refractivity contribution >= 4 is 17.1 Å². The van der Waals surface area contributed by atoms with Crippen LogP contribution in [0.4, 0.5) is 0 Å². The molecule has 0 aromatic heterocycles. The molecule has 0 bridgehead atoms. The number of benzene rings is 2. The summed E-state index contributed by atoms with van der Waals surface area (Å²) in [4.78, 5) is 12.7. The van der Waals surface area contributed by atoms with Gasteiger partial charge in [-0.25, -0.2) is 4.79 Å². The van der Waals surface area contributed by atoms with Crippen LogP contribution >= 0.6 is 0 Å². The number of hydrogen-bond acceptors (Lipinski definition) is 7. The highest BCUT2D eigenvalue weighted by Crippen LogP contribution is 2.45. The van der Waals surface area contributed by atoms with Crippen molar-refractivity contribution in [1.82, 2.24) is 0 Å². The predicted molar refractivity (Wildman–Crippen MR) is 102 cm³/mol. The summed E-state index contributed by atoms with van der Waals surface area (Å²) >= 11 is 0. The van der Waals surface area contributed by atoms with Crippen molar-refractivity contribution < 1.29 is 34.0 Å². The van der Waals surface area contributed by atoms with Gasteiger partial charge in [-0.2, -0.15) is 0 Å². The van der Waals surface area contributed by atoms with Gasteiger partial charge < -0.3 is 29.2 Å². The van der Waals surface area contributed by atoms with Crippen molar-refractivity contribution in [3.63, 3.8) is 0 Å². The standard InChI is InChI=1S/C21H22O7/c1-25-15-7-4-13(5-8-15)18-19(21(11-22,12-23)28-20(18)24)14-6-9-16(26-2)17(10-14)27-3/h4-10,22-23H,11-12H2,1-3H3. The molecule has 0 aliphatic carbocycles. The van der Waals surface area contributed by atoms with Crippen LogP contribution in [0, 0.1) is 0 Å². The highest BCUT2D eigenvalue weighted by atomic mass is 16.6. The molecule has 0 spiro atoms. The minimum atomic E-state index is -1.56. The first-order valence-corrected chi connectivity index (χ1v) is 8.60. The van der Waals surface area contributed by atoms with Crippen molar-refractivity contribution in [2.24, 2.45) is 0 Å². The van der Waals surface area contributed by atoms with E-state index in [1.807, 2.05) is 0 Å². The number of hydrogen-bond donors (Lipinski definition) is 2. The van der Waals surface area contributed by atoms with Crippen LogP contribution in [0.25, 0.3) is 11.1 Å². The molecule has 148 valence electrons. The third-order valence-corrected chi connectivity index (χ3v) is 4.76. The van der Waals surface area contributed by atoms with Crippen LogP contribution in [0.1, 0.15) is 11.1 Å². The van der Waals surface area contributed by atoms with E-state index in [1.54, 1.807) is 49.6 Å². The van der Waals surface area contributed by atoms with Crippen molar-refractivity contribution in [3.05, 3.63) is 53.6 Å². The van der Waals surface area contributed by atoms with Crippen LogP contribution < -0.4 is 14.2 Å². The van der Waals surface area contributed by atoms with Crippen LogP contribution in [-0.2, 0) is 9.53 Å². The van der Waals surface area contributed by atoms with E-state index < -0.39 is 24.8 Å². The third-order valence-electron chi connectivity index (χ3n) is 4.76. The van der Waals surface area contributed by atoms with Gasteiger partial charge in [-0.1, -0.05) is 18.2 Å². The lowest BCUT2D eigenvalue weighted by Crippen LogP contribution is -2.39. The van der Waals surface area contributed by atoms with E-state index in [0.29, 0.717) is 33.9 Å². The maximum atomic E-state index is 12.7. The average Bonchev–Trinajstić information content (AvgIpc) is 3.05. The lowest BCUT2D eigenvalue weighted by molar-refractivity contribution is -0.150. The molecule has 0 radical (unpaired) electrons. The van der Waals surface area contributed by atoms with Crippen LogP contribution in [0.5, 0.6) is 17.2 Å². The number of esters is 1. The topological polar surface area (TPSA) is 94.5 Å². The van der Waals surface area contributed by atoms with Gasteiger partial charge in [0.25, 0.3) is 0 Å². The first-order valence-electron chi connectivity index (χ1n) is 8.60. The Morgan fingerprint density at radius 2 is 1.46 bits per heavy atom. The molecular weight excluding hydrogens is 364 g/mol. The van der Waals surface area contributed by atoms with Gasteiger partial charge in [0.2, 0.25) is 0 Å². The molecule has 2 aromatic carbocycles. The second-order valence-corrected chi connectivity index (χ2v) is 6.25. The van der Waals surface area contributed by atoms with E-state index in [1.165, 1.54) is 14.2 Å². The molecule has 0 fully saturated rings. The molecule has 2 aromatic rings. The summed E-state index contributed by atoms with van der Waals surface area (Å²) in [5.41, 5.74) is 0.231. The van der Waals surface area contributed by atoms with Gasteiger partial charge >= 0.3 is 5.97 Å². The number of methoxy groups -OCH3 is 3. The summed E-state index contributed by atoms with van der Waals surface area (Å²) in [6, 6.07) is 12.0. The predicted octanol–water partition coefficient (Wildman–Crippen LogP) is 1.90. The molecule has 0 atom stereocenters. The molecule has 1 heterocycles. The minimum absolute atomic E-state index is 0.262. The summed E-state index contributed by atoms with van der Waals surface area (Å²) in [6.45, 7) is -1.14. The van der Waals surface area contributed by atoms with Gasteiger partial charge in [-0.05, 0) is 35.4 Å². The zero-order valence-electron chi connectivity index (χ0n) is 15.9. The number of carbonyl (C=O) groups excluding carboxylic acids is 1. The fraction of sp³-hybridized carbons (Fsp3) is 0.286. The fourth-order valence-corrected chi connectivity index (χ4v) is 3.30. The SMILES string of the molecule is COc1ccc(C2=C(c3ccc(OC)c(OC)c3)C(CO)(CO)OC2=O)cc1. The van der Waals surface area contributed by atoms with Crippen LogP contribution in [-0.4, -0.2) is 56.3 Å². The van der Waals surface area contributed by atoms with Crippen molar-refractivity contribution in [1.29, 1.82) is 0 Å². The van der Waals surface area contributed by atoms with Crippen molar-refractivity contribution in [3.8, 4) is 17.2 Å². The zero-order chi connectivity index (χ0) is 20.3. The molecule has 0 unspecified atom stereocenters. The Balaban J connectivity index is 2.26. The number of aliphatic hydroxyl groups is 2. The lowest BCUT2D eigenvalue weighted by Gasteiger charge is -2.27. The summed E-state index contributed by atoms with van der Waals surface area (Å²) in [6.07, 6.45) is 0. The molecule has 28 heavy (non-hydrogen) atoms. The molecule has 0 amide bonds. The van der Waals surface area contributed by atoms with E-state index in [9.17, 15) is 15.0 Å². The molecule has 0 saturated heterocycles. The zero-order valence-corrected chi connectivity index (χ0v) is 15.9. The maximum absolute atomic E-state index is 12.7. The first kappa shape index (κ1) is 19.7. The van der Waals surface area contributed by atoms with Crippen molar-refractivity contribution in [2.75, 3.05) is 34.5 Å². The van der Waals surface area contributed by atoms with E-state index in [4.69, 9.17) is 18.9 Å². The Kier molecular flexibility index (Phi) is 5.58. The highest BCUT2D eigenvalue weighted by Gasteiger charge is 2.48. The smallest absolute Gasteiger partial charge is 0.340 e. The molecule has 7 nitrogen and oxygen atoms in total. The van der Waals surface area contributed by atoms with Crippen LogP contribution in [0.3, 0.4) is 0 Å². The van der Waals surface area contributed by atoms with E-state index in [0.717, 1.165) is 0 Å². The number of cyclic esters (lactones) is 1. The van der Waals surface area contributed by atoms with Crippen LogP contribution in [0.15, 0.2) is 42.5 Å². The summed E-state index contributed by atoms with van der Waals surface area (Å²) in [7, 11) is 4.57. The Morgan fingerprint density at radius 1 is 0.857 bits per heavy atom. The summed E-state index contributed by atoms with van der Waals surface area (Å²) in [5, 5.41) is 20.0. The van der Waals surface area contributed by atoms with E-state index in [-0.39, 0.29) is 5.57 Å². The van der Waals surface area contributed by atoms with Crippen molar-refractivity contribution in [2.45, 2.75) is 5.60 Å². The molecule has 2 N–H and O–H groups in total. The largest absolute Gasteiger partial charge is 0.497 e. The molecular formula is C21H22O7. The first-order chi connectivity index (χ1) is 13.5. The molecule has 0 saturated carbocycles. The monoisotopic (exact) mass is 386 g/mol. The van der Waals surface area contributed by atoms with Gasteiger partial charge in [0.05, 0.1) is 40.1 Å². The van der Waals surface area contributed by atoms with E-state index >= 15 is 0 Å². The quantitative estimate of drug-likeness (QED) is 0.702. The fourth-order valence-electron chi connectivity index (χ4n) is 3.30. The Labute approximate surface area is 162 Å². The summed E-state index contributed by atoms with van der Waals surface area (Å²) < 4.78 is 21.2. The molecule has 7 heteroatoms. The van der Waals surface area contributed by atoms with Gasteiger partial charge in [-0.15, -0.1) is 0 Å². The highest BCUT2D eigenvalue weighted by molar-refractivity contribution is 6.28. The maximum Gasteiger partial charge on any atom is 0.340 e. The van der Waals surface area contributed by atoms with Gasteiger partial charge in [-0.3, -0.25) is 0 Å². The van der Waals surface area contributed by atoms with Gasteiger partial charge in [0.15, 0.2) is 17.1 Å². The Bertz CT molecular complexity index is 895. The van der Waals surface area contributed by atoms with Crippen LogP contribution in [0.2, 0.25) is 0 Å². The minimum Gasteiger partial charge on any atom is -0.497 e. The lowest BCUT2D eigenvalue weighted by atomic mass is 9.85. The number of carbonyl (C=O) groups is 1. The third kappa shape index (κ3) is 3.19. The van der Waals surface area contributed by atoms with E-state index in [2.05, 4.69) is 0 Å². The van der Waals surface area contributed by atoms with Gasteiger partial charge in [0, 0.05) is 5.57 Å². The number of aliphatic hydroxyl groups excluding tert-OH is 2. The average molecular weight is 386 g/mol. The normalized spacial score (nSPS) is 15.4.